The number of likely N-dealkylation sites (N-methyl/N-ethyl adjacent to an activating group) is 1. The molecule has 1 fully saturated rings. The zero-order chi connectivity index (χ0) is 16.3. The lowest BCUT2D eigenvalue weighted by Crippen LogP contribution is -2.53. The van der Waals surface area contributed by atoms with E-state index in [1.807, 2.05) is 7.05 Å². The first kappa shape index (κ1) is 16.9. The van der Waals surface area contributed by atoms with E-state index in [1.165, 1.54) is 17.1 Å². The molecule has 2 heterocycles. The van der Waals surface area contributed by atoms with E-state index in [0.29, 0.717) is 13.1 Å². The molecular formula is C13H23N5O3S. The molecule has 2 atom stereocenters. The highest BCUT2D eigenvalue weighted by atomic mass is 32.2. The van der Waals surface area contributed by atoms with Crippen LogP contribution in [0.3, 0.4) is 0 Å². The van der Waals surface area contributed by atoms with Gasteiger partial charge in [-0.15, -0.1) is 0 Å². The second-order valence-corrected chi connectivity index (χ2v) is 7.32. The molecule has 9 heteroatoms. The molecule has 1 aromatic rings. The Labute approximate surface area is 130 Å². The van der Waals surface area contributed by atoms with Gasteiger partial charge in [-0.25, -0.2) is 8.42 Å². The number of likely N-dealkylation sites (tertiary alicyclic amines) is 1. The van der Waals surface area contributed by atoms with Gasteiger partial charge in [-0.2, -0.15) is 9.82 Å². The van der Waals surface area contributed by atoms with E-state index < -0.39 is 16.1 Å². The summed E-state index contributed by atoms with van der Waals surface area (Å²) in [5.74, 6) is -0.201. The number of hydrogen-bond acceptors (Lipinski definition) is 5. The van der Waals surface area contributed by atoms with E-state index >= 15 is 0 Å². The van der Waals surface area contributed by atoms with Crippen LogP contribution in [0, 0.1) is 0 Å². The summed E-state index contributed by atoms with van der Waals surface area (Å²) in [4.78, 5) is 14.2. The van der Waals surface area contributed by atoms with E-state index in [1.54, 1.807) is 18.9 Å². The van der Waals surface area contributed by atoms with Crippen molar-refractivity contribution in [1.82, 2.24) is 24.7 Å². The van der Waals surface area contributed by atoms with Crippen LogP contribution in [0.15, 0.2) is 17.3 Å². The van der Waals surface area contributed by atoms with E-state index in [-0.39, 0.29) is 16.8 Å². The molecule has 1 aliphatic heterocycles. The fourth-order valence-corrected chi connectivity index (χ4v) is 3.76. The largest absolute Gasteiger partial charge is 0.340 e. The van der Waals surface area contributed by atoms with Crippen molar-refractivity contribution in [2.24, 2.45) is 7.05 Å². The molecule has 1 aliphatic rings. The van der Waals surface area contributed by atoms with Crippen LogP contribution in [-0.4, -0.2) is 61.2 Å². The number of hydrogen-bond donors (Lipinski definition) is 2. The van der Waals surface area contributed by atoms with Crippen LogP contribution in [0.2, 0.25) is 0 Å². The van der Waals surface area contributed by atoms with E-state index in [9.17, 15) is 13.2 Å². The van der Waals surface area contributed by atoms with Gasteiger partial charge in [0.05, 0.1) is 12.2 Å². The predicted octanol–water partition coefficient (Wildman–Crippen LogP) is -0.703. The van der Waals surface area contributed by atoms with Crippen molar-refractivity contribution in [1.29, 1.82) is 0 Å². The molecule has 124 valence electrons. The summed E-state index contributed by atoms with van der Waals surface area (Å²) in [7, 11) is -0.232. The summed E-state index contributed by atoms with van der Waals surface area (Å²) in [5.41, 5.74) is 0. The predicted molar refractivity (Wildman–Crippen MR) is 81.7 cm³/mol. The molecule has 2 rings (SSSR count). The number of rotatable bonds is 5. The number of nitrogens with zero attached hydrogens (tertiary/aromatic N) is 3. The van der Waals surface area contributed by atoms with Gasteiger partial charge in [-0.1, -0.05) is 0 Å². The molecule has 0 spiro atoms. The van der Waals surface area contributed by atoms with Gasteiger partial charge in [0.2, 0.25) is 15.9 Å². The zero-order valence-electron chi connectivity index (χ0n) is 13.1. The second kappa shape index (κ2) is 6.76. The number of aromatic nitrogens is 2. The summed E-state index contributed by atoms with van der Waals surface area (Å²) in [6, 6.07) is -0.541. The number of carbonyl (C=O) groups excluding carboxylic acids is 1. The topological polar surface area (TPSA) is 96.3 Å². The molecule has 0 saturated carbocycles. The molecule has 22 heavy (non-hydrogen) atoms. The van der Waals surface area contributed by atoms with Gasteiger partial charge in [0.25, 0.3) is 0 Å². The van der Waals surface area contributed by atoms with Crippen molar-refractivity contribution in [3.05, 3.63) is 12.4 Å². The first-order valence-electron chi connectivity index (χ1n) is 7.30. The molecular weight excluding hydrogens is 306 g/mol. The van der Waals surface area contributed by atoms with Gasteiger partial charge < -0.3 is 10.2 Å². The first-order chi connectivity index (χ1) is 10.3. The Balaban J connectivity index is 2.02. The molecule has 2 N–H and O–H groups in total. The highest BCUT2D eigenvalue weighted by Gasteiger charge is 2.29. The summed E-state index contributed by atoms with van der Waals surface area (Å²) < 4.78 is 28.3. The van der Waals surface area contributed by atoms with Crippen LogP contribution in [0.4, 0.5) is 0 Å². The lowest BCUT2D eigenvalue weighted by atomic mass is 10.1. The van der Waals surface area contributed by atoms with Gasteiger partial charge >= 0.3 is 0 Å². The Morgan fingerprint density at radius 1 is 1.50 bits per heavy atom. The highest BCUT2D eigenvalue weighted by molar-refractivity contribution is 7.89. The van der Waals surface area contributed by atoms with Crippen LogP contribution >= 0.6 is 0 Å². The molecule has 2 unspecified atom stereocenters. The number of carbonyl (C=O) groups is 1. The maximum Gasteiger partial charge on any atom is 0.244 e. The minimum Gasteiger partial charge on any atom is -0.340 e. The smallest absolute Gasteiger partial charge is 0.244 e. The number of piperidine rings is 1. The Hall–Kier alpha value is -1.45. The Morgan fingerprint density at radius 3 is 2.82 bits per heavy atom. The highest BCUT2D eigenvalue weighted by Crippen LogP contribution is 2.12. The van der Waals surface area contributed by atoms with Crippen LogP contribution in [0.25, 0.3) is 0 Å². The Morgan fingerprint density at radius 2 is 2.23 bits per heavy atom. The molecule has 0 aromatic carbocycles. The average Bonchev–Trinajstić information content (AvgIpc) is 2.93. The third kappa shape index (κ3) is 3.84. The summed E-state index contributed by atoms with van der Waals surface area (Å²) >= 11 is 0. The number of sulfonamides is 1. The molecule has 0 radical (unpaired) electrons. The minimum absolute atomic E-state index is 0.0568. The van der Waals surface area contributed by atoms with Crippen LogP contribution in [-0.2, 0) is 21.9 Å². The van der Waals surface area contributed by atoms with Crippen LogP contribution in [0.5, 0.6) is 0 Å². The van der Waals surface area contributed by atoms with Crippen molar-refractivity contribution < 1.29 is 13.2 Å². The van der Waals surface area contributed by atoms with Gasteiger partial charge in [-0.3, -0.25) is 9.48 Å². The summed E-state index contributed by atoms with van der Waals surface area (Å²) in [5, 5.41) is 7.00. The van der Waals surface area contributed by atoms with Crippen LogP contribution in [0.1, 0.15) is 19.8 Å². The van der Waals surface area contributed by atoms with E-state index in [0.717, 1.165) is 12.8 Å². The second-order valence-electron chi connectivity index (χ2n) is 5.60. The van der Waals surface area contributed by atoms with Gasteiger partial charge in [-0.05, 0) is 26.8 Å². The number of amides is 1. The SMILES string of the molecule is CNC1CCCN(C(=O)C(C)NS(=O)(=O)c2cnn(C)c2)C1. The molecule has 1 saturated heterocycles. The standard InChI is InChI=1S/C13H23N5O3S/c1-10(13(19)18-6-4-5-11(8-18)14-2)16-22(20,21)12-7-15-17(3)9-12/h7,9-11,14,16H,4-6,8H2,1-3H3. The van der Waals surface area contributed by atoms with Crippen molar-refractivity contribution in [3.8, 4) is 0 Å². The first-order valence-corrected chi connectivity index (χ1v) is 8.79. The molecule has 1 amide bonds. The fraction of sp³-hybridized carbons (Fsp3) is 0.692. The van der Waals surface area contributed by atoms with Crippen molar-refractivity contribution in [2.75, 3.05) is 20.1 Å². The average molecular weight is 329 g/mol. The van der Waals surface area contributed by atoms with Crippen molar-refractivity contribution >= 4 is 15.9 Å². The van der Waals surface area contributed by atoms with E-state index in [4.69, 9.17) is 0 Å². The third-order valence-corrected chi connectivity index (χ3v) is 5.33. The number of nitrogens with one attached hydrogen (secondary N) is 2. The van der Waals surface area contributed by atoms with E-state index in [2.05, 4.69) is 15.1 Å². The Kier molecular flexibility index (Phi) is 5.20. The maximum absolute atomic E-state index is 12.4. The summed E-state index contributed by atoms with van der Waals surface area (Å²) in [6.45, 7) is 2.84. The molecule has 8 nitrogen and oxygen atoms in total. The Bertz CT molecular complexity index is 627. The molecule has 0 aliphatic carbocycles. The number of aryl methyl sites for hydroxylation is 1. The summed E-state index contributed by atoms with van der Waals surface area (Å²) in [6.07, 6.45) is 4.60. The van der Waals surface area contributed by atoms with Crippen molar-refractivity contribution in [3.63, 3.8) is 0 Å². The normalized spacial score (nSPS) is 20.9. The molecule has 0 bridgehead atoms. The van der Waals surface area contributed by atoms with Crippen LogP contribution < -0.4 is 10.0 Å². The molecule has 1 aromatic heterocycles. The fourth-order valence-electron chi connectivity index (χ4n) is 2.58. The lowest BCUT2D eigenvalue weighted by molar-refractivity contribution is -0.133. The maximum atomic E-state index is 12.4. The van der Waals surface area contributed by atoms with Crippen molar-refractivity contribution in [2.45, 2.75) is 36.7 Å². The quantitative estimate of drug-likeness (QED) is 0.744. The monoisotopic (exact) mass is 329 g/mol. The third-order valence-electron chi connectivity index (χ3n) is 3.84. The minimum atomic E-state index is -3.74. The zero-order valence-corrected chi connectivity index (χ0v) is 13.9. The van der Waals surface area contributed by atoms with Gasteiger partial charge in [0.15, 0.2) is 0 Å². The van der Waals surface area contributed by atoms with Gasteiger partial charge in [0.1, 0.15) is 4.90 Å². The van der Waals surface area contributed by atoms with Gasteiger partial charge in [0, 0.05) is 32.4 Å². The lowest BCUT2D eigenvalue weighted by Gasteiger charge is -2.34.